The molecule has 2 amide bonds. The number of amides is 2. The minimum absolute atomic E-state index is 0.315. The monoisotopic (exact) mass is 293 g/mol. The summed E-state index contributed by atoms with van der Waals surface area (Å²) in [6.45, 7) is 7.33. The number of hydrogen-bond donors (Lipinski definition) is 1. The molecule has 0 saturated carbocycles. The normalized spacial score (nSPS) is 33.2. The Labute approximate surface area is 129 Å². The minimum Gasteiger partial charge on any atom is -0.325 e. The summed E-state index contributed by atoms with van der Waals surface area (Å²) in [5.41, 5.74) is 0. The Morgan fingerprint density at radius 1 is 1.14 bits per heavy atom. The van der Waals surface area contributed by atoms with Crippen molar-refractivity contribution in [3.63, 3.8) is 0 Å². The Morgan fingerprint density at radius 2 is 1.76 bits per heavy atom. The van der Waals surface area contributed by atoms with Gasteiger partial charge in [-0.1, -0.05) is 13.8 Å². The van der Waals surface area contributed by atoms with E-state index in [1.165, 1.54) is 25.7 Å². The SMILES string of the molecule is CCCN(C(=O)N1CCC(C)CC1)C1CC2CCC(C1)N2. The molecule has 21 heavy (non-hydrogen) atoms. The van der Waals surface area contributed by atoms with Crippen LogP contribution in [-0.2, 0) is 0 Å². The first kappa shape index (κ1) is 15.1. The largest absolute Gasteiger partial charge is 0.325 e. The molecular formula is C17H31N3O. The molecule has 3 rings (SSSR count). The van der Waals surface area contributed by atoms with Crippen LogP contribution in [-0.4, -0.2) is 53.6 Å². The zero-order valence-electron chi connectivity index (χ0n) is 13.7. The molecule has 2 bridgehead atoms. The van der Waals surface area contributed by atoms with Crippen molar-refractivity contribution in [2.45, 2.75) is 76.9 Å². The molecule has 3 fully saturated rings. The summed E-state index contributed by atoms with van der Waals surface area (Å²) in [5.74, 6) is 0.781. The Kier molecular flexibility index (Phi) is 4.72. The lowest BCUT2D eigenvalue weighted by molar-refractivity contribution is 0.102. The van der Waals surface area contributed by atoms with Gasteiger partial charge in [0, 0.05) is 37.8 Å². The third kappa shape index (κ3) is 3.36. The first-order chi connectivity index (χ1) is 10.2. The summed E-state index contributed by atoms with van der Waals surface area (Å²) in [6, 6.07) is 2.09. The molecule has 0 aromatic carbocycles. The van der Waals surface area contributed by atoms with E-state index in [1.54, 1.807) is 0 Å². The van der Waals surface area contributed by atoms with Gasteiger partial charge in [-0.05, 0) is 50.9 Å². The molecule has 0 aromatic rings. The van der Waals surface area contributed by atoms with Gasteiger partial charge >= 0.3 is 6.03 Å². The molecule has 0 spiro atoms. The lowest BCUT2D eigenvalue weighted by atomic mass is 9.97. The lowest BCUT2D eigenvalue weighted by Crippen LogP contribution is -2.55. The molecule has 0 radical (unpaired) electrons. The maximum absolute atomic E-state index is 13.0. The maximum atomic E-state index is 13.0. The number of rotatable bonds is 3. The summed E-state index contributed by atoms with van der Waals surface area (Å²) < 4.78 is 0. The van der Waals surface area contributed by atoms with Crippen LogP contribution in [0.1, 0.15) is 58.8 Å². The maximum Gasteiger partial charge on any atom is 0.320 e. The topological polar surface area (TPSA) is 35.6 Å². The standard InChI is InChI=1S/C17H31N3O/c1-3-8-20(16-11-14-4-5-15(12-16)18-14)17(21)19-9-6-13(2)7-10-19/h13-16,18H,3-12H2,1-2H3. The average Bonchev–Trinajstić information content (AvgIpc) is 2.83. The molecule has 2 atom stereocenters. The third-order valence-corrected chi connectivity index (χ3v) is 5.65. The van der Waals surface area contributed by atoms with Crippen molar-refractivity contribution in [2.24, 2.45) is 5.92 Å². The Bertz CT molecular complexity index is 353. The quantitative estimate of drug-likeness (QED) is 0.868. The van der Waals surface area contributed by atoms with Gasteiger partial charge in [0.05, 0.1) is 0 Å². The first-order valence-electron chi connectivity index (χ1n) is 8.99. The molecule has 120 valence electrons. The van der Waals surface area contributed by atoms with Gasteiger partial charge in [0.2, 0.25) is 0 Å². The van der Waals surface area contributed by atoms with Gasteiger partial charge in [0.25, 0.3) is 0 Å². The molecule has 4 nitrogen and oxygen atoms in total. The van der Waals surface area contributed by atoms with Gasteiger partial charge in [0.1, 0.15) is 0 Å². The number of carbonyl (C=O) groups is 1. The fraction of sp³-hybridized carbons (Fsp3) is 0.941. The third-order valence-electron chi connectivity index (χ3n) is 5.65. The molecule has 3 heterocycles. The van der Waals surface area contributed by atoms with E-state index in [0.29, 0.717) is 24.2 Å². The van der Waals surface area contributed by atoms with E-state index in [-0.39, 0.29) is 0 Å². The van der Waals surface area contributed by atoms with Crippen molar-refractivity contribution in [1.82, 2.24) is 15.1 Å². The average molecular weight is 293 g/mol. The Balaban J connectivity index is 1.64. The van der Waals surface area contributed by atoms with E-state index in [0.717, 1.165) is 44.8 Å². The van der Waals surface area contributed by atoms with E-state index in [1.807, 2.05) is 0 Å². The summed E-state index contributed by atoms with van der Waals surface area (Å²) in [6.07, 6.45) is 8.33. The number of nitrogens with zero attached hydrogens (tertiary/aromatic N) is 2. The molecule has 3 aliphatic heterocycles. The van der Waals surface area contributed by atoms with Gasteiger partial charge < -0.3 is 15.1 Å². The zero-order chi connectivity index (χ0) is 14.8. The lowest BCUT2D eigenvalue weighted by Gasteiger charge is -2.41. The van der Waals surface area contributed by atoms with Gasteiger partial charge in [-0.2, -0.15) is 0 Å². The highest BCUT2D eigenvalue weighted by molar-refractivity contribution is 5.75. The number of fused-ring (bicyclic) bond motifs is 2. The highest BCUT2D eigenvalue weighted by Gasteiger charge is 2.38. The van der Waals surface area contributed by atoms with Crippen LogP contribution >= 0.6 is 0 Å². The second-order valence-electron chi connectivity index (χ2n) is 7.41. The van der Waals surface area contributed by atoms with Crippen LogP contribution in [0, 0.1) is 5.92 Å². The number of urea groups is 1. The highest BCUT2D eigenvalue weighted by Crippen LogP contribution is 2.31. The molecule has 4 heteroatoms. The predicted molar refractivity (Wildman–Crippen MR) is 85.3 cm³/mol. The molecule has 3 saturated heterocycles. The number of piperidine rings is 2. The molecule has 0 aromatic heterocycles. The highest BCUT2D eigenvalue weighted by atomic mass is 16.2. The second kappa shape index (κ2) is 6.55. The number of hydrogen-bond acceptors (Lipinski definition) is 2. The summed E-state index contributed by atoms with van der Waals surface area (Å²) >= 11 is 0. The molecule has 1 N–H and O–H groups in total. The molecule has 2 unspecified atom stereocenters. The summed E-state index contributed by atoms with van der Waals surface area (Å²) in [7, 11) is 0. The van der Waals surface area contributed by atoms with Gasteiger partial charge in [0.15, 0.2) is 0 Å². The van der Waals surface area contributed by atoms with Crippen LogP contribution in [0.25, 0.3) is 0 Å². The fourth-order valence-electron chi connectivity index (χ4n) is 4.34. The van der Waals surface area contributed by atoms with Crippen molar-refractivity contribution in [3.8, 4) is 0 Å². The van der Waals surface area contributed by atoms with Crippen molar-refractivity contribution >= 4 is 6.03 Å². The number of likely N-dealkylation sites (tertiary alicyclic amines) is 1. The minimum atomic E-state index is 0.315. The van der Waals surface area contributed by atoms with E-state index in [2.05, 4.69) is 29.0 Å². The van der Waals surface area contributed by atoms with E-state index in [4.69, 9.17) is 0 Å². The smallest absolute Gasteiger partial charge is 0.320 e. The number of nitrogens with one attached hydrogen (secondary N) is 1. The van der Waals surface area contributed by atoms with Crippen molar-refractivity contribution in [3.05, 3.63) is 0 Å². The van der Waals surface area contributed by atoms with Crippen LogP contribution < -0.4 is 5.32 Å². The van der Waals surface area contributed by atoms with E-state index in [9.17, 15) is 4.79 Å². The Hall–Kier alpha value is -0.770. The summed E-state index contributed by atoms with van der Waals surface area (Å²) in [4.78, 5) is 17.3. The van der Waals surface area contributed by atoms with Gasteiger partial charge in [-0.25, -0.2) is 4.79 Å². The van der Waals surface area contributed by atoms with Crippen molar-refractivity contribution in [2.75, 3.05) is 19.6 Å². The molecule has 0 aliphatic carbocycles. The van der Waals surface area contributed by atoms with Crippen molar-refractivity contribution in [1.29, 1.82) is 0 Å². The van der Waals surface area contributed by atoms with Crippen molar-refractivity contribution < 1.29 is 4.79 Å². The van der Waals surface area contributed by atoms with Crippen LogP contribution in [0.4, 0.5) is 4.79 Å². The Morgan fingerprint density at radius 3 is 2.33 bits per heavy atom. The molecular weight excluding hydrogens is 262 g/mol. The van der Waals surface area contributed by atoms with E-state index >= 15 is 0 Å². The zero-order valence-corrected chi connectivity index (χ0v) is 13.7. The fourth-order valence-corrected chi connectivity index (χ4v) is 4.34. The van der Waals surface area contributed by atoms with Gasteiger partial charge in [-0.15, -0.1) is 0 Å². The van der Waals surface area contributed by atoms with Crippen LogP contribution in [0.5, 0.6) is 0 Å². The number of carbonyl (C=O) groups excluding carboxylic acids is 1. The molecule has 3 aliphatic rings. The van der Waals surface area contributed by atoms with Crippen LogP contribution in [0.15, 0.2) is 0 Å². The van der Waals surface area contributed by atoms with Crippen LogP contribution in [0.2, 0.25) is 0 Å². The second-order valence-corrected chi connectivity index (χ2v) is 7.41. The van der Waals surface area contributed by atoms with Gasteiger partial charge in [-0.3, -0.25) is 0 Å². The van der Waals surface area contributed by atoms with E-state index < -0.39 is 0 Å². The predicted octanol–water partition coefficient (Wildman–Crippen LogP) is 2.83. The van der Waals surface area contributed by atoms with Crippen LogP contribution in [0.3, 0.4) is 0 Å². The first-order valence-corrected chi connectivity index (χ1v) is 8.99. The summed E-state index contributed by atoms with van der Waals surface area (Å²) in [5, 5.41) is 3.69.